The van der Waals surface area contributed by atoms with Crippen LogP contribution >= 0.6 is 15.9 Å². The van der Waals surface area contributed by atoms with Crippen molar-refractivity contribution in [3.8, 4) is 5.75 Å². The highest BCUT2D eigenvalue weighted by atomic mass is 79.9. The van der Waals surface area contributed by atoms with Crippen molar-refractivity contribution in [2.24, 2.45) is 0 Å². The molecule has 0 saturated carbocycles. The molecule has 1 aromatic rings. The third-order valence-corrected chi connectivity index (χ3v) is 2.60. The van der Waals surface area contributed by atoms with Crippen molar-refractivity contribution >= 4 is 21.9 Å². The van der Waals surface area contributed by atoms with Crippen LogP contribution in [0.4, 0.5) is 0 Å². The van der Waals surface area contributed by atoms with Crippen LogP contribution in [0.1, 0.15) is 26.3 Å². The summed E-state index contributed by atoms with van der Waals surface area (Å²) in [4.78, 5) is 11.6. The Balaban J connectivity index is 2.69. The average Bonchev–Trinajstić information content (AvgIpc) is 2.14. The number of rotatable bonds is 3. The lowest BCUT2D eigenvalue weighted by molar-refractivity contribution is -0.153. The Hall–Kier alpha value is -1.03. The number of ether oxygens (including phenoxy) is 2. The molecule has 17 heavy (non-hydrogen) atoms. The molecule has 3 nitrogen and oxygen atoms in total. The summed E-state index contributed by atoms with van der Waals surface area (Å²) >= 11 is 3.38. The zero-order valence-corrected chi connectivity index (χ0v) is 12.1. The first-order chi connectivity index (χ1) is 7.81. The van der Waals surface area contributed by atoms with Crippen molar-refractivity contribution in [1.82, 2.24) is 0 Å². The molecule has 0 aliphatic rings. The Morgan fingerprint density at radius 2 is 2.00 bits per heavy atom. The molecule has 0 radical (unpaired) electrons. The van der Waals surface area contributed by atoms with E-state index in [1.807, 2.05) is 39.0 Å². The second-order valence-electron chi connectivity index (χ2n) is 4.73. The summed E-state index contributed by atoms with van der Waals surface area (Å²) < 4.78 is 11.2. The number of methoxy groups -OCH3 is 1. The Morgan fingerprint density at radius 3 is 2.47 bits per heavy atom. The van der Waals surface area contributed by atoms with E-state index in [9.17, 15) is 4.79 Å². The van der Waals surface area contributed by atoms with Gasteiger partial charge >= 0.3 is 5.97 Å². The van der Waals surface area contributed by atoms with E-state index in [-0.39, 0.29) is 12.4 Å². The summed E-state index contributed by atoms with van der Waals surface area (Å²) in [6, 6.07) is 5.54. The van der Waals surface area contributed by atoms with Crippen LogP contribution in [0.2, 0.25) is 0 Å². The lowest BCUT2D eigenvalue weighted by Crippen LogP contribution is -2.24. The van der Waals surface area contributed by atoms with Gasteiger partial charge in [-0.05, 0) is 54.4 Å². The van der Waals surface area contributed by atoms with Gasteiger partial charge in [0.05, 0.1) is 18.0 Å². The second kappa shape index (κ2) is 5.54. The maximum Gasteiger partial charge on any atom is 0.310 e. The Kier molecular flexibility index (Phi) is 4.57. The predicted octanol–water partition coefficient (Wildman–Crippen LogP) is 3.34. The van der Waals surface area contributed by atoms with Gasteiger partial charge in [0, 0.05) is 0 Å². The molecule has 0 saturated heterocycles. The minimum atomic E-state index is -0.444. The van der Waals surface area contributed by atoms with Crippen molar-refractivity contribution in [2.75, 3.05) is 7.11 Å². The van der Waals surface area contributed by atoms with Gasteiger partial charge < -0.3 is 9.47 Å². The molecular weight excluding hydrogens is 284 g/mol. The lowest BCUT2D eigenvalue weighted by Gasteiger charge is -2.19. The monoisotopic (exact) mass is 300 g/mol. The number of carbonyl (C=O) groups is 1. The first-order valence-electron chi connectivity index (χ1n) is 5.36. The predicted molar refractivity (Wildman–Crippen MR) is 70.2 cm³/mol. The molecule has 4 heteroatoms. The Labute approximate surface area is 110 Å². The van der Waals surface area contributed by atoms with E-state index in [1.54, 1.807) is 7.11 Å². The van der Waals surface area contributed by atoms with Crippen LogP contribution < -0.4 is 4.74 Å². The molecule has 0 aliphatic carbocycles. The van der Waals surface area contributed by atoms with E-state index in [1.165, 1.54) is 0 Å². The highest BCUT2D eigenvalue weighted by Gasteiger charge is 2.16. The normalized spacial score (nSPS) is 11.1. The number of hydrogen-bond donors (Lipinski definition) is 0. The fraction of sp³-hybridized carbons (Fsp3) is 0.462. The molecule has 0 spiro atoms. The number of hydrogen-bond acceptors (Lipinski definition) is 3. The molecule has 0 fully saturated rings. The fourth-order valence-corrected chi connectivity index (χ4v) is 1.95. The van der Waals surface area contributed by atoms with Crippen molar-refractivity contribution in [1.29, 1.82) is 0 Å². The van der Waals surface area contributed by atoms with Crippen LogP contribution in [0, 0.1) is 0 Å². The zero-order chi connectivity index (χ0) is 13.1. The van der Waals surface area contributed by atoms with Crippen LogP contribution in [0.25, 0.3) is 0 Å². The van der Waals surface area contributed by atoms with Crippen molar-refractivity contribution in [2.45, 2.75) is 32.8 Å². The topological polar surface area (TPSA) is 35.5 Å². The fourth-order valence-electron chi connectivity index (χ4n) is 1.36. The highest BCUT2D eigenvalue weighted by Crippen LogP contribution is 2.25. The van der Waals surface area contributed by atoms with Gasteiger partial charge in [-0.1, -0.05) is 6.07 Å². The van der Waals surface area contributed by atoms with Crippen LogP contribution in [-0.4, -0.2) is 18.7 Å². The summed E-state index contributed by atoms with van der Waals surface area (Å²) in [6.45, 7) is 5.57. The lowest BCUT2D eigenvalue weighted by atomic mass is 10.1. The van der Waals surface area contributed by atoms with Crippen molar-refractivity contribution in [3.05, 3.63) is 28.2 Å². The molecule has 1 rings (SSSR count). The van der Waals surface area contributed by atoms with Gasteiger partial charge in [-0.3, -0.25) is 4.79 Å². The van der Waals surface area contributed by atoms with Gasteiger partial charge in [0.1, 0.15) is 11.4 Å². The molecule has 0 atom stereocenters. The zero-order valence-electron chi connectivity index (χ0n) is 10.5. The molecule has 0 aromatic heterocycles. The minimum Gasteiger partial charge on any atom is -0.496 e. The van der Waals surface area contributed by atoms with Gasteiger partial charge in [-0.15, -0.1) is 0 Å². The van der Waals surface area contributed by atoms with E-state index in [0.717, 1.165) is 15.8 Å². The third-order valence-electron chi connectivity index (χ3n) is 1.98. The van der Waals surface area contributed by atoms with E-state index in [0.29, 0.717) is 0 Å². The molecule has 0 heterocycles. The van der Waals surface area contributed by atoms with Crippen molar-refractivity contribution in [3.63, 3.8) is 0 Å². The molecule has 1 aromatic carbocycles. The highest BCUT2D eigenvalue weighted by molar-refractivity contribution is 9.10. The van der Waals surface area contributed by atoms with Gasteiger partial charge in [0.2, 0.25) is 0 Å². The Morgan fingerprint density at radius 1 is 1.35 bits per heavy atom. The number of esters is 1. The molecule has 0 aliphatic heterocycles. The first kappa shape index (κ1) is 14.0. The van der Waals surface area contributed by atoms with Gasteiger partial charge in [0.25, 0.3) is 0 Å². The molecule has 0 unspecified atom stereocenters. The maximum absolute atomic E-state index is 11.6. The largest absolute Gasteiger partial charge is 0.496 e. The van der Waals surface area contributed by atoms with Gasteiger partial charge in [-0.2, -0.15) is 0 Å². The number of benzene rings is 1. The standard InChI is InChI=1S/C13H17BrO3/c1-13(2,3)17-12(15)8-9-5-6-11(16-4)10(14)7-9/h5-7H,8H2,1-4H3. The second-order valence-corrected chi connectivity index (χ2v) is 5.59. The van der Waals surface area contributed by atoms with E-state index in [2.05, 4.69) is 15.9 Å². The summed E-state index contributed by atoms with van der Waals surface area (Å²) in [7, 11) is 1.60. The average molecular weight is 301 g/mol. The molecule has 0 bridgehead atoms. The summed E-state index contributed by atoms with van der Waals surface area (Å²) in [6.07, 6.45) is 0.264. The van der Waals surface area contributed by atoms with Crippen LogP contribution in [-0.2, 0) is 16.0 Å². The number of carbonyl (C=O) groups excluding carboxylic acids is 1. The Bertz CT molecular complexity index is 408. The van der Waals surface area contributed by atoms with Gasteiger partial charge in [-0.25, -0.2) is 0 Å². The van der Waals surface area contributed by atoms with Crippen LogP contribution in [0.3, 0.4) is 0 Å². The minimum absolute atomic E-state index is 0.227. The van der Waals surface area contributed by atoms with E-state index in [4.69, 9.17) is 9.47 Å². The molecule has 0 N–H and O–H groups in total. The van der Waals surface area contributed by atoms with Gasteiger partial charge in [0.15, 0.2) is 0 Å². The smallest absolute Gasteiger partial charge is 0.310 e. The summed E-state index contributed by atoms with van der Waals surface area (Å²) in [5, 5.41) is 0. The van der Waals surface area contributed by atoms with E-state index < -0.39 is 5.60 Å². The quantitative estimate of drug-likeness (QED) is 0.803. The molecule has 94 valence electrons. The SMILES string of the molecule is COc1ccc(CC(=O)OC(C)(C)C)cc1Br. The van der Waals surface area contributed by atoms with Crippen LogP contribution in [0.5, 0.6) is 5.75 Å². The maximum atomic E-state index is 11.6. The van der Waals surface area contributed by atoms with E-state index >= 15 is 0 Å². The summed E-state index contributed by atoms with van der Waals surface area (Å²) in [5.74, 6) is 0.521. The first-order valence-corrected chi connectivity index (χ1v) is 6.15. The molecule has 0 amide bonds. The third kappa shape index (κ3) is 4.77. The van der Waals surface area contributed by atoms with Crippen molar-refractivity contribution < 1.29 is 14.3 Å². The molecular formula is C13H17BrO3. The number of halogens is 1. The van der Waals surface area contributed by atoms with Crippen LogP contribution in [0.15, 0.2) is 22.7 Å². The summed E-state index contributed by atoms with van der Waals surface area (Å²) in [5.41, 5.74) is 0.452.